The molecular formula is C16H29NO4. The molecule has 0 saturated heterocycles. The molecule has 0 aliphatic carbocycles. The number of ether oxygens (including phenoxy) is 2. The minimum atomic E-state index is -0.442. The van der Waals surface area contributed by atoms with Crippen LogP contribution in [0.1, 0.15) is 40.5 Å². The highest BCUT2D eigenvalue weighted by Gasteiger charge is 2.41. The average molecular weight is 299 g/mol. The number of amides is 1. The Morgan fingerprint density at radius 2 is 2.14 bits per heavy atom. The number of aliphatic hydroxyl groups is 1. The molecule has 122 valence electrons. The van der Waals surface area contributed by atoms with Crippen LogP contribution in [-0.4, -0.2) is 37.6 Å². The molecule has 0 fully saturated rings. The summed E-state index contributed by atoms with van der Waals surface area (Å²) in [5.41, 5.74) is -0.0154. The number of rotatable bonds is 6. The topological polar surface area (TPSA) is 67.8 Å². The Morgan fingerprint density at radius 1 is 1.48 bits per heavy atom. The Kier molecular flexibility index (Phi) is 6.68. The Bertz CT molecular complexity index is 373. The van der Waals surface area contributed by atoms with Crippen LogP contribution < -0.4 is 5.32 Å². The molecule has 1 aliphatic rings. The summed E-state index contributed by atoms with van der Waals surface area (Å²) in [5.74, 6) is 0.387. The largest absolute Gasteiger partial charge is 0.459 e. The van der Waals surface area contributed by atoms with E-state index >= 15 is 0 Å². The third-order valence-electron chi connectivity index (χ3n) is 3.86. The van der Waals surface area contributed by atoms with Crippen LogP contribution in [0.4, 0.5) is 0 Å². The van der Waals surface area contributed by atoms with E-state index in [0.717, 1.165) is 6.42 Å². The molecule has 1 amide bonds. The number of likely N-dealkylation sites (N-methyl/N-ethyl adjacent to an activating group) is 1. The summed E-state index contributed by atoms with van der Waals surface area (Å²) in [5, 5.41) is 11.7. The van der Waals surface area contributed by atoms with Crippen molar-refractivity contribution >= 4 is 5.91 Å². The molecule has 0 aromatic rings. The molecule has 1 aliphatic heterocycles. The minimum Gasteiger partial charge on any atom is -0.459 e. The van der Waals surface area contributed by atoms with E-state index in [1.165, 1.54) is 0 Å². The Hall–Kier alpha value is -1.07. The molecule has 0 aromatic heterocycles. The van der Waals surface area contributed by atoms with E-state index in [-0.39, 0.29) is 29.8 Å². The predicted molar refractivity (Wildman–Crippen MR) is 81.4 cm³/mol. The van der Waals surface area contributed by atoms with E-state index in [1.807, 2.05) is 13.0 Å². The average Bonchev–Trinajstić information content (AvgIpc) is 2.43. The summed E-state index contributed by atoms with van der Waals surface area (Å²) in [6, 6.07) is 0. The Balaban J connectivity index is 3.10. The summed E-state index contributed by atoms with van der Waals surface area (Å²) < 4.78 is 11.5. The lowest BCUT2D eigenvalue weighted by molar-refractivity contribution is -0.179. The minimum absolute atomic E-state index is 0.0154. The van der Waals surface area contributed by atoms with E-state index in [9.17, 15) is 4.79 Å². The molecule has 0 saturated carbocycles. The van der Waals surface area contributed by atoms with Gasteiger partial charge in [0.15, 0.2) is 5.76 Å². The first-order valence-electron chi connectivity index (χ1n) is 7.68. The van der Waals surface area contributed by atoms with E-state index in [2.05, 4.69) is 26.1 Å². The van der Waals surface area contributed by atoms with Gasteiger partial charge in [-0.05, 0) is 37.2 Å². The maximum absolute atomic E-state index is 11.9. The van der Waals surface area contributed by atoms with Gasteiger partial charge in [0.2, 0.25) is 6.29 Å². The van der Waals surface area contributed by atoms with Crippen LogP contribution in [0, 0.1) is 17.3 Å². The lowest BCUT2D eigenvalue weighted by Gasteiger charge is -2.42. The number of hydrogen-bond donors (Lipinski definition) is 2. The van der Waals surface area contributed by atoms with E-state index in [4.69, 9.17) is 14.6 Å². The van der Waals surface area contributed by atoms with Crippen LogP contribution in [-0.2, 0) is 14.3 Å². The second-order valence-electron chi connectivity index (χ2n) is 6.47. The number of carbonyl (C=O) groups excluding carboxylic acids is 1. The number of aliphatic hydroxyl groups excluding tert-OH is 1. The molecule has 0 spiro atoms. The lowest BCUT2D eigenvalue weighted by Crippen LogP contribution is -2.43. The maximum atomic E-state index is 11.9. The van der Waals surface area contributed by atoms with Crippen LogP contribution in [0.5, 0.6) is 0 Å². The fourth-order valence-electron chi connectivity index (χ4n) is 2.82. The third kappa shape index (κ3) is 4.71. The number of carbonyl (C=O) groups is 1. The molecular weight excluding hydrogens is 270 g/mol. The van der Waals surface area contributed by atoms with Gasteiger partial charge in [-0.25, -0.2) is 0 Å². The first-order valence-corrected chi connectivity index (χ1v) is 7.68. The van der Waals surface area contributed by atoms with Gasteiger partial charge >= 0.3 is 0 Å². The summed E-state index contributed by atoms with van der Waals surface area (Å²) in [6.07, 6.45) is 2.98. The van der Waals surface area contributed by atoms with Crippen molar-refractivity contribution in [2.24, 2.45) is 17.3 Å². The van der Waals surface area contributed by atoms with Gasteiger partial charge in [-0.2, -0.15) is 0 Å². The SMILES string of the molecule is CCO[C@H]1OC(C(=O)NC)=C[C@@H](C(C)(C)C)[C@@H]1CCCO. The number of hydrogen-bond acceptors (Lipinski definition) is 4. The molecule has 1 heterocycles. The van der Waals surface area contributed by atoms with Crippen molar-refractivity contribution in [3.05, 3.63) is 11.8 Å². The normalized spacial score (nSPS) is 26.0. The van der Waals surface area contributed by atoms with E-state index < -0.39 is 6.29 Å². The molecule has 1 rings (SSSR count). The van der Waals surface area contributed by atoms with Crippen LogP contribution in [0.2, 0.25) is 0 Å². The second kappa shape index (κ2) is 7.80. The molecule has 2 N–H and O–H groups in total. The van der Waals surface area contributed by atoms with Gasteiger partial charge in [-0.15, -0.1) is 0 Å². The first-order chi connectivity index (χ1) is 9.85. The highest BCUT2D eigenvalue weighted by molar-refractivity contribution is 5.91. The van der Waals surface area contributed by atoms with E-state index in [0.29, 0.717) is 18.8 Å². The number of nitrogens with one attached hydrogen (secondary N) is 1. The fourth-order valence-corrected chi connectivity index (χ4v) is 2.82. The van der Waals surface area contributed by atoms with Crippen LogP contribution >= 0.6 is 0 Å². The van der Waals surface area contributed by atoms with Crippen molar-refractivity contribution < 1.29 is 19.4 Å². The zero-order valence-electron chi connectivity index (χ0n) is 13.8. The highest BCUT2D eigenvalue weighted by Crippen LogP contribution is 2.42. The monoisotopic (exact) mass is 299 g/mol. The molecule has 5 heteroatoms. The van der Waals surface area contributed by atoms with Crippen LogP contribution in [0.15, 0.2) is 11.8 Å². The van der Waals surface area contributed by atoms with Crippen molar-refractivity contribution in [1.82, 2.24) is 5.32 Å². The van der Waals surface area contributed by atoms with Crippen LogP contribution in [0.25, 0.3) is 0 Å². The molecule has 0 unspecified atom stereocenters. The Labute approximate surface area is 127 Å². The smallest absolute Gasteiger partial charge is 0.285 e. The molecule has 0 bridgehead atoms. The van der Waals surface area contributed by atoms with E-state index in [1.54, 1.807) is 7.05 Å². The van der Waals surface area contributed by atoms with Gasteiger partial charge in [-0.3, -0.25) is 4.79 Å². The van der Waals surface area contributed by atoms with Gasteiger partial charge in [0, 0.05) is 26.2 Å². The highest BCUT2D eigenvalue weighted by atomic mass is 16.7. The van der Waals surface area contributed by atoms with Gasteiger partial charge in [0.1, 0.15) is 0 Å². The second-order valence-corrected chi connectivity index (χ2v) is 6.47. The summed E-state index contributed by atoms with van der Waals surface area (Å²) >= 11 is 0. The number of allylic oxidation sites excluding steroid dienone is 1. The van der Waals surface area contributed by atoms with Crippen molar-refractivity contribution in [3.8, 4) is 0 Å². The Morgan fingerprint density at radius 3 is 2.62 bits per heavy atom. The quantitative estimate of drug-likeness (QED) is 0.788. The van der Waals surface area contributed by atoms with Crippen molar-refractivity contribution in [1.29, 1.82) is 0 Å². The lowest BCUT2D eigenvalue weighted by atomic mass is 9.70. The standard InChI is InChI=1S/C16H29NO4/c1-6-20-15-11(8-7-9-18)12(16(2,3)4)10-13(21-15)14(19)17-5/h10-12,15,18H,6-9H2,1-5H3,(H,17,19)/t11-,12+,15-/m0/s1. The van der Waals surface area contributed by atoms with Gasteiger partial charge < -0.3 is 19.9 Å². The summed E-state index contributed by atoms with van der Waals surface area (Å²) in [7, 11) is 1.59. The summed E-state index contributed by atoms with van der Waals surface area (Å²) in [6.45, 7) is 9.04. The van der Waals surface area contributed by atoms with Crippen molar-refractivity contribution in [2.45, 2.75) is 46.8 Å². The maximum Gasteiger partial charge on any atom is 0.285 e. The zero-order chi connectivity index (χ0) is 16.0. The van der Waals surface area contributed by atoms with Gasteiger partial charge in [-0.1, -0.05) is 20.8 Å². The summed E-state index contributed by atoms with van der Waals surface area (Å²) in [4.78, 5) is 11.9. The zero-order valence-corrected chi connectivity index (χ0v) is 13.8. The van der Waals surface area contributed by atoms with Crippen molar-refractivity contribution in [2.75, 3.05) is 20.3 Å². The fraction of sp³-hybridized carbons (Fsp3) is 0.812. The van der Waals surface area contributed by atoms with Gasteiger partial charge in [0.05, 0.1) is 0 Å². The molecule has 0 aromatic carbocycles. The first kappa shape index (κ1) is 18.0. The third-order valence-corrected chi connectivity index (χ3v) is 3.86. The molecule has 3 atom stereocenters. The van der Waals surface area contributed by atoms with Crippen LogP contribution in [0.3, 0.4) is 0 Å². The van der Waals surface area contributed by atoms with Gasteiger partial charge in [0.25, 0.3) is 5.91 Å². The predicted octanol–water partition coefficient (Wildman–Crippen LogP) is 2.06. The molecule has 5 nitrogen and oxygen atoms in total. The molecule has 0 radical (unpaired) electrons. The molecule has 21 heavy (non-hydrogen) atoms. The van der Waals surface area contributed by atoms with Crippen molar-refractivity contribution in [3.63, 3.8) is 0 Å².